The molecule has 0 aliphatic carbocycles. The average molecular weight is 242 g/mol. The van der Waals surface area contributed by atoms with E-state index in [1.807, 2.05) is 30.3 Å². The molecule has 1 aromatic carbocycles. The summed E-state index contributed by atoms with van der Waals surface area (Å²) in [5, 5.41) is 9.63. The van der Waals surface area contributed by atoms with Crippen LogP contribution in [0.3, 0.4) is 0 Å². The molecule has 1 N–H and O–H groups in total. The van der Waals surface area contributed by atoms with Crippen LogP contribution in [0.15, 0.2) is 36.4 Å². The molecular weight excluding hydrogens is 227 g/mol. The largest absolute Gasteiger partial charge is 0.377 e. The van der Waals surface area contributed by atoms with Gasteiger partial charge >= 0.3 is 7.60 Å². The third kappa shape index (κ3) is 3.29. The van der Waals surface area contributed by atoms with Gasteiger partial charge in [0.15, 0.2) is 5.85 Å². The lowest BCUT2D eigenvalue weighted by atomic mass is 10.2. The standard InChI is InChI=1S/C11H15O4P/c1-14-16(13,15-2)11(12)9-8-10-6-4-3-5-7-10/h3-9,11-12H,1-2H3/b9-8+/t11-/m1/s1. The van der Waals surface area contributed by atoms with Crippen molar-refractivity contribution in [1.29, 1.82) is 0 Å². The van der Waals surface area contributed by atoms with Crippen molar-refractivity contribution in [1.82, 2.24) is 0 Å². The molecule has 4 nitrogen and oxygen atoms in total. The second kappa shape index (κ2) is 5.97. The van der Waals surface area contributed by atoms with E-state index in [4.69, 9.17) is 0 Å². The van der Waals surface area contributed by atoms with E-state index >= 15 is 0 Å². The highest BCUT2D eigenvalue weighted by molar-refractivity contribution is 7.54. The molecule has 16 heavy (non-hydrogen) atoms. The summed E-state index contributed by atoms with van der Waals surface area (Å²) in [6, 6.07) is 9.38. The Bertz CT molecular complexity index is 380. The summed E-state index contributed by atoms with van der Waals surface area (Å²) in [7, 11) is -0.961. The van der Waals surface area contributed by atoms with E-state index in [0.29, 0.717) is 0 Å². The van der Waals surface area contributed by atoms with E-state index in [0.717, 1.165) is 5.56 Å². The molecule has 0 amide bonds. The molecule has 88 valence electrons. The zero-order valence-corrected chi connectivity index (χ0v) is 10.1. The maximum Gasteiger partial charge on any atom is 0.362 e. The average Bonchev–Trinajstić information content (AvgIpc) is 2.36. The Labute approximate surface area is 95.1 Å². The quantitative estimate of drug-likeness (QED) is 0.806. The molecular formula is C11H15O4P. The normalized spacial score (nSPS) is 14.2. The van der Waals surface area contributed by atoms with Crippen LogP contribution in [0, 0.1) is 0 Å². The van der Waals surface area contributed by atoms with Crippen LogP contribution in [-0.4, -0.2) is 25.2 Å². The Kier molecular flexibility index (Phi) is 4.90. The number of aliphatic hydroxyl groups is 1. The zero-order valence-electron chi connectivity index (χ0n) is 9.24. The summed E-state index contributed by atoms with van der Waals surface area (Å²) in [6.45, 7) is 0. The first-order chi connectivity index (χ1) is 7.62. The van der Waals surface area contributed by atoms with Crippen molar-refractivity contribution in [2.75, 3.05) is 14.2 Å². The molecule has 0 radical (unpaired) electrons. The van der Waals surface area contributed by atoms with Gasteiger partial charge in [-0.1, -0.05) is 36.4 Å². The highest BCUT2D eigenvalue weighted by atomic mass is 31.2. The van der Waals surface area contributed by atoms with Crippen LogP contribution >= 0.6 is 7.60 Å². The van der Waals surface area contributed by atoms with E-state index in [9.17, 15) is 9.67 Å². The van der Waals surface area contributed by atoms with Crippen molar-refractivity contribution in [3.8, 4) is 0 Å². The van der Waals surface area contributed by atoms with E-state index in [2.05, 4.69) is 9.05 Å². The predicted octanol–water partition coefficient (Wildman–Crippen LogP) is 2.50. The molecule has 0 aliphatic heterocycles. The van der Waals surface area contributed by atoms with Gasteiger partial charge in [0.05, 0.1) is 0 Å². The van der Waals surface area contributed by atoms with Crippen molar-refractivity contribution in [2.24, 2.45) is 0 Å². The van der Waals surface area contributed by atoms with Gasteiger partial charge in [0.1, 0.15) is 0 Å². The summed E-state index contributed by atoms with van der Waals surface area (Å²) in [4.78, 5) is 0. The summed E-state index contributed by atoms with van der Waals surface area (Å²) in [5.74, 6) is -1.26. The van der Waals surface area contributed by atoms with Gasteiger partial charge in [0, 0.05) is 14.2 Å². The molecule has 0 saturated heterocycles. The van der Waals surface area contributed by atoms with Crippen LogP contribution in [-0.2, 0) is 13.6 Å². The number of rotatable bonds is 5. The van der Waals surface area contributed by atoms with Crippen molar-refractivity contribution in [2.45, 2.75) is 5.85 Å². The summed E-state index contributed by atoms with van der Waals surface area (Å²) >= 11 is 0. The highest BCUT2D eigenvalue weighted by Gasteiger charge is 2.29. The van der Waals surface area contributed by atoms with Gasteiger partial charge in [-0.15, -0.1) is 0 Å². The molecule has 0 heterocycles. The SMILES string of the molecule is COP(=O)(OC)[C@@H](O)/C=C/c1ccccc1. The molecule has 0 unspecified atom stereocenters. The third-order valence-corrected chi connectivity index (χ3v) is 3.93. The fraction of sp³-hybridized carbons (Fsp3) is 0.273. The Morgan fingerprint density at radius 2 is 1.81 bits per heavy atom. The Morgan fingerprint density at radius 1 is 1.25 bits per heavy atom. The fourth-order valence-electron chi connectivity index (χ4n) is 1.16. The van der Waals surface area contributed by atoms with Crippen LogP contribution in [0.4, 0.5) is 0 Å². The monoisotopic (exact) mass is 242 g/mol. The summed E-state index contributed by atoms with van der Waals surface area (Å²) in [5.41, 5.74) is 0.903. The van der Waals surface area contributed by atoms with Crippen LogP contribution in [0.2, 0.25) is 0 Å². The first-order valence-corrected chi connectivity index (χ1v) is 6.36. The van der Waals surface area contributed by atoms with Crippen molar-refractivity contribution in [3.63, 3.8) is 0 Å². The minimum absolute atomic E-state index is 0.903. The Balaban J connectivity index is 2.75. The van der Waals surface area contributed by atoms with Crippen LogP contribution in [0.5, 0.6) is 0 Å². The van der Waals surface area contributed by atoms with Gasteiger partial charge in [-0.2, -0.15) is 0 Å². The summed E-state index contributed by atoms with van der Waals surface area (Å²) < 4.78 is 21.1. The van der Waals surface area contributed by atoms with Gasteiger partial charge in [0.2, 0.25) is 0 Å². The predicted molar refractivity (Wildman–Crippen MR) is 63.1 cm³/mol. The van der Waals surface area contributed by atoms with Gasteiger partial charge in [0.25, 0.3) is 0 Å². The Morgan fingerprint density at radius 3 is 2.31 bits per heavy atom. The second-order valence-corrected chi connectivity index (χ2v) is 5.43. The molecule has 0 spiro atoms. The molecule has 5 heteroatoms. The lowest BCUT2D eigenvalue weighted by molar-refractivity contribution is 0.201. The number of hydrogen-bond acceptors (Lipinski definition) is 4. The van der Waals surface area contributed by atoms with Gasteiger partial charge in [-0.25, -0.2) is 0 Å². The second-order valence-electron chi connectivity index (χ2n) is 3.09. The molecule has 1 atom stereocenters. The van der Waals surface area contributed by atoms with E-state index in [1.54, 1.807) is 6.08 Å². The minimum Gasteiger partial charge on any atom is -0.377 e. The number of benzene rings is 1. The first kappa shape index (κ1) is 13.1. The number of hydrogen-bond donors (Lipinski definition) is 1. The fourth-order valence-corrected chi connectivity index (χ4v) is 2.04. The molecule has 1 aromatic rings. The molecule has 0 saturated carbocycles. The molecule has 1 rings (SSSR count). The third-order valence-electron chi connectivity index (χ3n) is 2.09. The number of aliphatic hydroxyl groups excluding tert-OH is 1. The maximum absolute atomic E-state index is 11.7. The Hall–Kier alpha value is -0.930. The first-order valence-electron chi connectivity index (χ1n) is 4.75. The highest BCUT2D eigenvalue weighted by Crippen LogP contribution is 2.50. The van der Waals surface area contributed by atoms with Gasteiger partial charge < -0.3 is 14.2 Å². The van der Waals surface area contributed by atoms with Gasteiger partial charge in [-0.05, 0) is 11.6 Å². The molecule has 0 bridgehead atoms. The lowest BCUT2D eigenvalue weighted by Gasteiger charge is -2.16. The van der Waals surface area contributed by atoms with Crippen LogP contribution < -0.4 is 0 Å². The van der Waals surface area contributed by atoms with E-state index < -0.39 is 13.4 Å². The van der Waals surface area contributed by atoms with Crippen molar-refractivity contribution in [3.05, 3.63) is 42.0 Å². The minimum atomic E-state index is -3.44. The van der Waals surface area contributed by atoms with Crippen molar-refractivity contribution < 1.29 is 18.7 Å². The van der Waals surface area contributed by atoms with Crippen LogP contribution in [0.25, 0.3) is 6.08 Å². The molecule has 0 aromatic heterocycles. The molecule has 0 fully saturated rings. The lowest BCUT2D eigenvalue weighted by Crippen LogP contribution is -2.06. The summed E-state index contributed by atoms with van der Waals surface area (Å²) in [6.07, 6.45) is 3.05. The van der Waals surface area contributed by atoms with Crippen molar-refractivity contribution >= 4 is 13.7 Å². The smallest absolute Gasteiger partial charge is 0.362 e. The maximum atomic E-state index is 11.7. The van der Waals surface area contributed by atoms with E-state index in [-0.39, 0.29) is 0 Å². The zero-order chi connectivity index (χ0) is 12.0. The van der Waals surface area contributed by atoms with Crippen LogP contribution in [0.1, 0.15) is 5.56 Å². The molecule has 0 aliphatic rings. The van der Waals surface area contributed by atoms with Gasteiger partial charge in [-0.3, -0.25) is 4.57 Å². The van der Waals surface area contributed by atoms with E-state index in [1.165, 1.54) is 20.3 Å². The topological polar surface area (TPSA) is 55.8 Å².